The van der Waals surface area contributed by atoms with Gasteiger partial charge in [-0.15, -0.1) is 0 Å². The van der Waals surface area contributed by atoms with E-state index in [0.29, 0.717) is 19.1 Å². The van der Waals surface area contributed by atoms with Crippen LogP contribution in [0.15, 0.2) is 29.2 Å². The van der Waals surface area contributed by atoms with Crippen molar-refractivity contribution in [2.24, 2.45) is 0 Å². The summed E-state index contributed by atoms with van der Waals surface area (Å²) < 4.78 is 27.0. The minimum absolute atomic E-state index is 0.0576. The lowest BCUT2D eigenvalue weighted by atomic mass is 10.1. The Morgan fingerprint density at radius 2 is 1.59 bits per heavy atom. The zero-order valence-corrected chi connectivity index (χ0v) is 17.7. The standard InChI is InChI=1S/C21H29N3O4S/c1-16-6-8-18(9-7-16)29(27,28)24-19(10-11-20(24)25)21(26)23-14-12-22(13-15-23)17-4-2-3-5-17/h6-9,17,19H,2-5,10-15H2,1H3. The number of benzene rings is 1. The molecule has 2 aliphatic heterocycles. The van der Waals surface area contributed by atoms with Crippen molar-refractivity contribution in [3.8, 4) is 0 Å². The molecule has 0 radical (unpaired) electrons. The van der Waals surface area contributed by atoms with Crippen molar-refractivity contribution < 1.29 is 18.0 Å². The van der Waals surface area contributed by atoms with E-state index < -0.39 is 22.0 Å². The Hall–Kier alpha value is -1.93. The number of aryl methyl sites for hydroxylation is 1. The van der Waals surface area contributed by atoms with Crippen LogP contribution in [0, 0.1) is 6.92 Å². The molecule has 2 heterocycles. The maximum atomic E-state index is 13.2. The molecular formula is C21H29N3O4S. The topological polar surface area (TPSA) is 78.0 Å². The Bertz CT molecular complexity index is 870. The van der Waals surface area contributed by atoms with Crippen LogP contribution in [0.3, 0.4) is 0 Å². The molecule has 1 aromatic rings. The van der Waals surface area contributed by atoms with E-state index in [0.717, 1.165) is 23.0 Å². The van der Waals surface area contributed by atoms with Crippen LogP contribution in [0.1, 0.15) is 44.1 Å². The lowest BCUT2D eigenvalue weighted by molar-refractivity contribution is -0.139. The molecule has 0 N–H and O–H groups in total. The minimum atomic E-state index is -4.04. The van der Waals surface area contributed by atoms with Crippen LogP contribution in [0.5, 0.6) is 0 Å². The van der Waals surface area contributed by atoms with Crippen molar-refractivity contribution in [3.63, 3.8) is 0 Å². The van der Waals surface area contributed by atoms with Crippen LogP contribution in [0.4, 0.5) is 0 Å². The molecule has 8 heteroatoms. The second-order valence-corrected chi connectivity index (χ2v) is 10.2. The van der Waals surface area contributed by atoms with Gasteiger partial charge < -0.3 is 4.90 Å². The molecule has 29 heavy (non-hydrogen) atoms. The summed E-state index contributed by atoms with van der Waals surface area (Å²) in [4.78, 5) is 29.9. The maximum absolute atomic E-state index is 13.2. The van der Waals surface area contributed by atoms with Gasteiger partial charge in [0, 0.05) is 38.6 Å². The van der Waals surface area contributed by atoms with Gasteiger partial charge in [-0.3, -0.25) is 14.5 Å². The van der Waals surface area contributed by atoms with Crippen LogP contribution >= 0.6 is 0 Å². The van der Waals surface area contributed by atoms with Gasteiger partial charge in [-0.05, 0) is 38.3 Å². The highest BCUT2D eigenvalue weighted by Gasteiger charge is 2.46. The Labute approximate surface area is 172 Å². The summed E-state index contributed by atoms with van der Waals surface area (Å²) in [7, 11) is -4.04. The molecule has 158 valence electrons. The van der Waals surface area contributed by atoms with Gasteiger partial charge in [-0.1, -0.05) is 30.5 Å². The summed E-state index contributed by atoms with van der Waals surface area (Å²) in [5.41, 5.74) is 0.935. The van der Waals surface area contributed by atoms with E-state index in [4.69, 9.17) is 0 Å². The molecular weight excluding hydrogens is 390 g/mol. The second kappa shape index (κ2) is 8.07. The number of carbonyl (C=O) groups is 2. The molecule has 1 atom stereocenters. The average Bonchev–Trinajstić information content (AvgIpc) is 3.38. The minimum Gasteiger partial charge on any atom is -0.338 e. The summed E-state index contributed by atoms with van der Waals surface area (Å²) in [6.07, 6.45) is 5.36. The van der Waals surface area contributed by atoms with E-state index in [-0.39, 0.29) is 23.6 Å². The molecule has 1 aliphatic carbocycles. The number of nitrogens with zero attached hydrogens (tertiary/aromatic N) is 3. The summed E-state index contributed by atoms with van der Waals surface area (Å²) in [6, 6.07) is 6.10. The van der Waals surface area contributed by atoms with E-state index in [2.05, 4.69) is 4.90 Å². The predicted molar refractivity (Wildman–Crippen MR) is 109 cm³/mol. The molecule has 0 bridgehead atoms. The molecule has 1 saturated carbocycles. The van der Waals surface area contributed by atoms with Gasteiger partial charge in [0.2, 0.25) is 11.8 Å². The van der Waals surface area contributed by atoms with Gasteiger partial charge in [0.05, 0.1) is 4.90 Å². The zero-order chi connectivity index (χ0) is 20.6. The lowest BCUT2D eigenvalue weighted by Gasteiger charge is -2.39. The third kappa shape index (κ3) is 3.92. The van der Waals surface area contributed by atoms with Gasteiger partial charge in [0.15, 0.2) is 0 Å². The molecule has 4 rings (SSSR count). The third-order valence-electron chi connectivity index (χ3n) is 6.49. The summed E-state index contributed by atoms with van der Waals surface area (Å²) in [6.45, 7) is 4.70. The van der Waals surface area contributed by atoms with Crippen LogP contribution in [-0.2, 0) is 19.6 Å². The van der Waals surface area contributed by atoms with Crippen LogP contribution < -0.4 is 0 Å². The molecule has 0 spiro atoms. The van der Waals surface area contributed by atoms with Crippen LogP contribution in [0.2, 0.25) is 0 Å². The first-order chi connectivity index (χ1) is 13.9. The fraction of sp³-hybridized carbons (Fsp3) is 0.619. The Morgan fingerprint density at radius 3 is 2.21 bits per heavy atom. The Morgan fingerprint density at radius 1 is 0.966 bits per heavy atom. The normalized spacial score (nSPS) is 24.4. The molecule has 2 amide bonds. The monoisotopic (exact) mass is 419 g/mol. The van der Waals surface area contributed by atoms with E-state index in [9.17, 15) is 18.0 Å². The van der Waals surface area contributed by atoms with E-state index in [1.165, 1.54) is 37.8 Å². The second-order valence-electron chi connectivity index (χ2n) is 8.36. The van der Waals surface area contributed by atoms with E-state index >= 15 is 0 Å². The predicted octanol–water partition coefficient (Wildman–Crippen LogP) is 1.76. The van der Waals surface area contributed by atoms with Crippen molar-refractivity contribution in [2.75, 3.05) is 26.2 Å². The number of sulfonamides is 1. The maximum Gasteiger partial charge on any atom is 0.267 e. The first kappa shape index (κ1) is 20.3. The fourth-order valence-electron chi connectivity index (χ4n) is 4.80. The van der Waals surface area contributed by atoms with E-state index in [1.807, 2.05) is 6.92 Å². The number of hydrogen-bond acceptors (Lipinski definition) is 5. The van der Waals surface area contributed by atoms with Gasteiger partial charge in [0.25, 0.3) is 10.0 Å². The largest absolute Gasteiger partial charge is 0.338 e. The van der Waals surface area contributed by atoms with Gasteiger partial charge in [0.1, 0.15) is 6.04 Å². The molecule has 1 unspecified atom stereocenters. The van der Waals surface area contributed by atoms with Crippen molar-refractivity contribution in [1.29, 1.82) is 0 Å². The van der Waals surface area contributed by atoms with Crippen LogP contribution in [-0.4, -0.2) is 72.6 Å². The smallest absolute Gasteiger partial charge is 0.267 e. The molecule has 2 saturated heterocycles. The number of carbonyl (C=O) groups excluding carboxylic acids is 2. The molecule has 7 nitrogen and oxygen atoms in total. The first-order valence-electron chi connectivity index (χ1n) is 10.5. The number of hydrogen-bond donors (Lipinski definition) is 0. The van der Waals surface area contributed by atoms with Gasteiger partial charge in [-0.25, -0.2) is 12.7 Å². The molecule has 1 aromatic carbocycles. The number of rotatable bonds is 4. The van der Waals surface area contributed by atoms with Gasteiger partial charge in [-0.2, -0.15) is 0 Å². The number of amides is 2. The summed E-state index contributed by atoms with van der Waals surface area (Å²) in [5.74, 6) is -0.730. The van der Waals surface area contributed by atoms with E-state index in [1.54, 1.807) is 17.0 Å². The van der Waals surface area contributed by atoms with Crippen molar-refractivity contribution in [3.05, 3.63) is 29.8 Å². The number of piperazine rings is 1. The van der Waals surface area contributed by atoms with Crippen LogP contribution in [0.25, 0.3) is 0 Å². The highest BCUT2D eigenvalue weighted by Crippen LogP contribution is 2.30. The SMILES string of the molecule is Cc1ccc(S(=O)(=O)N2C(=O)CCC2C(=O)N2CCN(C3CCCC3)CC2)cc1. The summed E-state index contributed by atoms with van der Waals surface area (Å²) in [5, 5.41) is 0. The molecule has 0 aromatic heterocycles. The average molecular weight is 420 g/mol. The summed E-state index contributed by atoms with van der Waals surface area (Å²) >= 11 is 0. The highest BCUT2D eigenvalue weighted by atomic mass is 32.2. The van der Waals surface area contributed by atoms with Gasteiger partial charge >= 0.3 is 0 Å². The van der Waals surface area contributed by atoms with Crippen molar-refractivity contribution >= 4 is 21.8 Å². The quantitative estimate of drug-likeness (QED) is 0.743. The highest BCUT2D eigenvalue weighted by molar-refractivity contribution is 7.89. The Kier molecular flexibility index (Phi) is 5.66. The fourth-order valence-corrected chi connectivity index (χ4v) is 6.40. The zero-order valence-electron chi connectivity index (χ0n) is 16.9. The lowest BCUT2D eigenvalue weighted by Crippen LogP contribution is -2.56. The Balaban J connectivity index is 1.48. The molecule has 3 aliphatic rings. The molecule has 3 fully saturated rings. The first-order valence-corrected chi connectivity index (χ1v) is 12.0. The van der Waals surface area contributed by atoms with Crippen molar-refractivity contribution in [2.45, 2.75) is 62.4 Å². The third-order valence-corrected chi connectivity index (χ3v) is 8.33. The van der Waals surface area contributed by atoms with Crippen molar-refractivity contribution in [1.82, 2.24) is 14.1 Å².